The highest BCUT2D eigenvalue weighted by Crippen LogP contribution is 2.30. The summed E-state index contributed by atoms with van der Waals surface area (Å²) in [5.41, 5.74) is 1.08. The average molecular weight is 511 g/mol. The molecule has 0 aromatic heterocycles. The lowest BCUT2D eigenvalue weighted by molar-refractivity contribution is -0.384. The number of rotatable bonds is 6. The zero-order valence-corrected chi connectivity index (χ0v) is 19.6. The van der Waals surface area contributed by atoms with Crippen LogP contribution in [-0.4, -0.2) is 28.1 Å². The van der Waals surface area contributed by atoms with Crippen LogP contribution in [0.1, 0.15) is 0 Å². The normalized spacial score (nSPS) is 16.1. The minimum Gasteiger partial charge on any atom is -0.301 e. The molecule has 34 heavy (non-hydrogen) atoms. The van der Waals surface area contributed by atoms with Crippen molar-refractivity contribution < 1.29 is 14.5 Å². The summed E-state index contributed by atoms with van der Waals surface area (Å²) in [7, 11) is 0. The Labute approximate surface area is 208 Å². The lowest BCUT2D eigenvalue weighted by Gasteiger charge is -2.30. The van der Waals surface area contributed by atoms with Crippen molar-refractivity contribution in [3.8, 4) is 0 Å². The van der Waals surface area contributed by atoms with E-state index in [1.807, 2.05) is 12.1 Å². The number of anilines is 1. The Balaban J connectivity index is 1.46. The zero-order chi connectivity index (χ0) is 24.2. The Morgan fingerprint density at radius 2 is 1.59 bits per heavy atom. The number of amides is 2. The van der Waals surface area contributed by atoms with Gasteiger partial charge in [0.05, 0.1) is 16.3 Å². The van der Waals surface area contributed by atoms with Gasteiger partial charge in [-0.15, -0.1) is 0 Å². The van der Waals surface area contributed by atoms with Crippen LogP contribution in [0.3, 0.4) is 0 Å². The highest BCUT2D eigenvalue weighted by Gasteiger charge is 2.38. The molecule has 1 saturated heterocycles. The summed E-state index contributed by atoms with van der Waals surface area (Å²) in [6.07, 6.45) is 1.29. The molecule has 1 N–H and O–H groups in total. The first kappa shape index (κ1) is 23.6. The summed E-state index contributed by atoms with van der Waals surface area (Å²) >= 11 is 12.5. The second-order valence-electron chi connectivity index (χ2n) is 7.05. The molecular formula is C23H15ClN4O4S2. The molecule has 1 fully saturated rings. The van der Waals surface area contributed by atoms with Crippen LogP contribution in [0.4, 0.5) is 17.1 Å². The van der Waals surface area contributed by atoms with E-state index in [9.17, 15) is 19.7 Å². The summed E-state index contributed by atoms with van der Waals surface area (Å²) in [6, 6.07) is 19.9. The minimum absolute atomic E-state index is 0.00501. The molecule has 0 spiro atoms. The molecule has 8 nitrogen and oxygen atoms in total. The number of thiocarbonyl (C=S) groups is 1. The van der Waals surface area contributed by atoms with E-state index in [-0.39, 0.29) is 10.8 Å². The van der Waals surface area contributed by atoms with E-state index < -0.39 is 22.7 Å². The van der Waals surface area contributed by atoms with Crippen molar-refractivity contribution in [2.24, 2.45) is 10.9 Å². The molecular weight excluding hydrogens is 496 g/mol. The topological polar surface area (TPSA) is 105 Å². The van der Waals surface area contributed by atoms with Gasteiger partial charge in [0.15, 0.2) is 11.0 Å². The molecule has 0 bridgehead atoms. The van der Waals surface area contributed by atoms with Gasteiger partial charge in [-0.25, -0.2) is 0 Å². The van der Waals surface area contributed by atoms with Gasteiger partial charge in [0.25, 0.3) is 11.6 Å². The van der Waals surface area contributed by atoms with Gasteiger partial charge in [-0.3, -0.25) is 29.6 Å². The quantitative estimate of drug-likeness (QED) is 0.161. The third-order valence-electron chi connectivity index (χ3n) is 4.78. The molecule has 1 atom stereocenters. The van der Waals surface area contributed by atoms with E-state index in [1.165, 1.54) is 35.0 Å². The fraction of sp³-hybridized carbons (Fsp3) is 0.0435. The number of hydrogen-bond donors (Lipinski definition) is 1. The van der Waals surface area contributed by atoms with Crippen molar-refractivity contribution in [2.45, 2.75) is 9.79 Å². The van der Waals surface area contributed by atoms with Gasteiger partial charge in [-0.1, -0.05) is 23.4 Å². The second kappa shape index (κ2) is 10.1. The summed E-state index contributed by atoms with van der Waals surface area (Å²) < 4.78 is 0. The Kier molecular flexibility index (Phi) is 7.01. The first-order valence-electron chi connectivity index (χ1n) is 9.83. The molecule has 0 saturated carbocycles. The standard InChI is InChI=1S/C23H15ClN4O4S2/c24-14-1-5-16(6-2-14)27-22(30)20(21(29)26-23(27)33)13-25-15-3-9-18(10-4-15)34-19-11-7-17(8-12-19)28(31)32/h1-13,20H,(H,26,29,33)/t20-/m1/s1. The number of carbonyl (C=O) groups excluding carboxylic acids is 2. The molecule has 4 rings (SSSR count). The lowest BCUT2D eigenvalue weighted by atomic mass is 10.1. The van der Waals surface area contributed by atoms with Gasteiger partial charge in [-0.05, 0) is 72.9 Å². The molecule has 1 aliphatic heterocycles. The molecule has 1 heterocycles. The summed E-state index contributed by atoms with van der Waals surface area (Å²) in [5.74, 6) is -2.20. The summed E-state index contributed by atoms with van der Waals surface area (Å²) in [6.45, 7) is 0. The molecule has 0 aliphatic carbocycles. The van der Waals surface area contributed by atoms with E-state index in [1.54, 1.807) is 48.5 Å². The maximum atomic E-state index is 13.0. The number of hydrogen-bond acceptors (Lipinski definition) is 7. The Hall–Kier alpha value is -3.60. The maximum Gasteiger partial charge on any atom is 0.269 e. The molecule has 3 aromatic rings. The Morgan fingerprint density at radius 1 is 1.00 bits per heavy atom. The van der Waals surface area contributed by atoms with Crippen LogP contribution in [0, 0.1) is 16.0 Å². The molecule has 0 radical (unpaired) electrons. The molecule has 3 aromatic carbocycles. The van der Waals surface area contributed by atoms with E-state index >= 15 is 0 Å². The van der Waals surface area contributed by atoms with Crippen LogP contribution in [0.15, 0.2) is 87.6 Å². The SMILES string of the molecule is O=C1NC(=S)N(c2ccc(Cl)cc2)C(=O)[C@@H]1C=Nc1ccc(Sc2ccc([N+](=O)[O-])cc2)cc1. The number of aliphatic imine (C=N–C) groups is 1. The highest BCUT2D eigenvalue weighted by atomic mass is 35.5. The molecule has 11 heteroatoms. The van der Waals surface area contributed by atoms with Crippen LogP contribution >= 0.6 is 35.6 Å². The van der Waals surface area contributed by atoms with Crippen LogP contribution in [0.25, 0.3) is 0 Å². The molecule has 1 aliphatic rings. The van der Waals surface area contributed by atoms with Gasteiger partial charge >= 0.3 is 0 Å². The van der Waals surface area contributed by atoms with Crippen molar-refractivity contribution in [3.63, 3.8) is 0 Å². The number of nitrogens with one attached hydrogen (secondary N) is 1. The van der Waals surface area contributed by atoms with Crippen molar-refractivity contribution in [1.29, 1.82) is 0 Å². The van der Waals surface area contributed by atoms with Crippen molar-refractivity contribution in [3.05, 3.63) is 87.9 Å². The van der Waals surface area contributed by atoms with E-state index in [4.69, 9.17) is 23.8 Å². The van der Waals surface area contributed by atoms with Crippen molar-refractivity contribution in [1.82, 2.24) is 5.32 Å². The monoisotopic (exact) mass is 510 g/mol. The second-order valence-corrected chi connectivity index (χ2v) is 9.02. The summed E-state index contributed by atoms with van der Waals surface area (Å²) in [4.78, 5) is 43.0. The van der Waals surface area contributed by atoms with Gasteiger partial charge < -0.3 is 5.32 Å². The van der Waals surface area contributed by atoms with Gasteiger partial charge in [-0.2, -0.15) is 0 Å². The first-order valence-corrected chi connectivity index (χ1v) is 11.4. The van der Waals surface area contributed by atoms with E-state index in [2.05, 4.69) is 10.3 Å². The average Bonchev–Trinajstić information content (AvgIpc) is 2.81. The number of nitro groups is 1. The van der Waals surface area contributed by atoms with Crippen LogP contribution in [-0.2, 0) is 9.59 Å². The van der Waals surface area contributed by atoms with E-state index in [0.29, 0.717) is 16.4 Å². The lowest BCUT2D eigenvalue weighted by Crippen LogP contribution is -2.58. The maximum absolute atomic E-state index is 13.0. The number of nitro benzene ring substituents is 1. The van der Waals surface area contributed by atoms with Gasteiger partial charge in [0.1, 0.15) is 0 Å². The minimum atomic E-state index is -1.14. The molecule has 0 unspecified atom stereocenters. The predicted octanol–water partition coefficient (Wildman–Crippen LogP) is 5.17. The fourth-order valence-electron chi connectivity index (χ4n) is 3.09. The number of carbonyl (C=O) groups is 2. The zero-order valence-electron chi connectivity index (χ0n) is 17.3. The fourth-order valence-corrected chi connectivity index (χ4v) is 4.33. The van der Waals surface area contributed by atoms with Crippen LogP contribution in [0.5, 0.6) is 0 Å². The number of nitrogens with zero attached hydrogens (tertiary/aromatic N) is 3. The molecule has 2 amide bonds. The first-order chi connectivity index (χ1) is 16.3. The largest absolute Gasteiger partial charge is 0.301 e. The highest BCUT2D eigenvalue weighted by molar-refractivity contribution is 7.99. The third kappa shape index (κ3) is 5.30. The molecule has 170 valence electrons. The third-order valence-corrected chi connectivity index (χ3v) is 6.33. The van der Waals surface area contributed by atoms with Gasteiger partial charge in [0.2, 0.25) is 5.91 Å². The Morgan fingerprint density at radius 3 is 2.18 bits per heavy atom. The number of halogens is 1. The number of non-ortho nitro benzene ring substituents is 1. The Bertz CT molecular complexity index is 1300. The van der Waals surface area contributed by atoms with Crippen molar-refractivity contribution >= 4 is 75.8 Å². The summed E-state index contributed by atoms with van der Waals surface area (Å²) in [5, 5.41) is 13.8. The van der Waals surface area contributed by atoms with Crippen molar-refractivity contribution in [2.75, 3.05) is 4.90 Å². The van der Waals surface area contributed by atoms with Gasteiger partial charge in [0, 0.05) is 33.2 Å². The predicted molar refractivity (Wildman–Crippen MR) is 135 cm³/mol. The van der Waals surface area contributed by atoms with E-state index in [0.717, 1.165) is 9.79 Å². The number of benzene rings is 3. The smallest absolute Gasteiger partial charge is 0.269 e. The van der Waals surface area contributed by atoms with Crippen LogP contribution < -0.4 is 10.2 Å². The van der Waals surface area contributed by atoms with Crippen LogP contribution in [0.2, 0.25) is 5.02 Å².